The Morgan fingerprint density at radius 2 is 1.96 bits per heavy atom. The molecule has 0 atom stereocenters. The summed E-state index contributed by atoms with van der Waals surface area (Å²) < 4.78 is 1.61. The maximum absolute atomic E-state index is 12.7. The summed E-state index contributed by atoms with van der Waals surface area (Å²) in [6.45, 7) is 0. The average molecular weight is 305 g/mol. The molecule has 2 heterocycles. The first kappa shape index (κ1) is 13.6. The summed E-state index contributed by atoms with van der Waals surface area (Å²) in [7, 11) is 0. The summed E-state index contributed by atoms with van der Waals surface area (Å²) in [5.41, 5.74) is 0.660. The van der Waals surface area contributed by atoms with E-state index in [9.17, 15) is 4.79 Å². The van der Waals surface area contributed by atoms with E-state index in [2.05, 4.69) is 20.4 Å². The number of aromatic nitrogens is 4. The zero-order chi connectivity index (χ0) is 15.7. The molecule has 23 heavy (non-hydrogen) atoms. The molecule has 3 aromatic rings. The van der Waals surface area contributed by atoms with Gasteiger partial charge in [0.1, 0.15) is 6.33 Å². The third kappa shape index (κ3) is 2.48. The molecule has 1 aliphatic rings. The fourth-order valence-electron chi connectivity index (χ4n) is 2.70. The molecule has 1 aromatic carbocycles. The van der Waals surface area contributed by atoms with Gasteiger partial charge in [0, 0.05) is 24.5 Å². The molecule has 2 aromatic heterocycles. The molecular formula is C17H15N5O. The van der Waals surface area contributed by atoms with Crippen molar-refractivity contribution in [2.45, 2.75) is 18.3 Å². The van der Waals surface area contributed by atoms with Gasteiger partial charge in [-0.1, -0.05) is 30.3 Å². The minimum atomic E-state index is -0.403. The van der Waals surface area contributed by atoms with Gasteiger partial charge >= 0.3 is 0 Å². The topological polar surface area (TPSA) is 72.7 Å². The van der Waals surface area contributed by atoms with Crippen molar-refractivity contribution in [3.63, 3.8) is 0 Å². The summed E-state index contributed by atoms with van der Waals surface area (Å²) in [4.78, 5) is 20.7. The Bertz CT molecular complexity index is 824. The first-order chi connectivity index (χ1) is 11.3. The van der Waals surface area contributed by atoms with Crippen LogP contribution in [-0.2, 0) is 10.2 Å². The van der Waals surface area contributed by atoms with Crippen LogP contribution in [0.25, 0.3) is 5.82 Å². The normalized spacial score (nSPS) is 15.1. The highest BCUT2D eigenvalue weighted by molar-refractivity contribution is 6.00. The highest BCUT2D eigenvalue weighted by atomic mass is 16.2. The summed E-state index contributed by atoms with van der Waals surface area (Å²) in [5.74, 6) is 1.18. The minimum Gasteiger partial charge on any atom is -0.308 e. The standard InChI is InChI=1S/C17H15N5O/c23-16(17(8-9-17)13-4-2-1-3-5-13)20-14-7-11-22(21-14)15-6-10-18-12-19-15/h1-7,10-12H,8-9H2,(H,20,21,23). The lowest BCUT2D eigenvalue weighted by atomic mass is 9.95. The molecule has 0 saturated heterocycles. The number of hydrogen-bond acceptors (Lipinski definition) is 4. The highest BCUT2D eigenvalue weighted by Crippen LogP contribution is 2.48. The van der Waals surface area contributed by atoms with Crippen LogP contribution in [-0.4, -0.2) is 25.7 Å². The number of carbonyl (C=O) groups is 1. The maximum atomic E-state index is 12.7. The zero-order valence-corrected chi connectivity index (χ0v) is 12.4. The number of benzene rings is 1. The van der Waals surface area contributed by atoms with Crippen LogP contribution in [0.3, 0.4) is 0 Å². The number of amides is 1. The number of hydrogen-bond donors (Lipinski definition) is 1. The van der Waals surface area contributed by atoms with E-state index in [4.69, 9.17) is 0 Å². The predicted octanol–water partition coefficient (Wildman–Crippen LogP) is 2.33. The molecule has 1 aliphatic carbocycles. The van der Waals surface area contributed by atoms with E-state index in [0.717, 1.165) is 18.4 Å². The molecule has 1 N–H and O–H groups in total. The van der Waals surface area contributed by atoms with Crippen molar-refractivity contribution in [2.24, 2.45) is 0 Å². The Kier molecular flexibility index (Phi) is 3.15. The Balaban J connectivity index is 1.53. The van der Waals surface area contributed by atoms with Crippen LogP contribution in [0.5, 0.6) is 0 Å². The Hall–Kier alpha value is -3.02. The Morgan fingerprint density at radius 3 is 2.65 bits per heavy atom. The van der Waals surface area contributed by atoms with Gasteiger partial charge in [-0.05, 0) is 18.4 Å². The summed E-state index contributed by atoms with van der Waals surface area (Å²) in [6, 6.07) is 13.4. The molecule has 0 bridgehead atoms. The van der Waals surface area contributed by atoms with Gasteiger partial charge in [-0.25, -0.2) is 14.6 Å². The molecule has 1 amide bonds. The van der Waals surface area contributed by atoms with Crippen LogP contribution >= 0.6 is 0 Å². The fraction of sp³-hybridized carbons (Fsp3) is 0.176. The smallest absolute Gasteiger partial charge is 0.236 e. The first-order valence-electron chi connectivity index (χ1n) is 7.47. The van der Waals surface area contributed by atoms with Gasteiger partial charge in [0.15, 0.2) is 11.6 Å². The number of nitrogens with zero attached hydrogens (tertiary/aromatic N) is 4. The second kappa shape index (κ2) is 5.31. The van der Waals surface area contributed by atoms with E-state index in [0.29, 0.717) is 11.6 Å². The third-order valence-electron chi connectivity index (χ3n) is 4.14. The molecule has 0 unspecified atom stereocenters. The van der Waals surface area contributed by atoms with E-state index < -0.39 is 5.41 Å². The van der Waals surface area contributed by atoms with Crippen molar-refractivity contribution < 1.29 is 4.79 Å². The average Bonchev–Trinajstić information content (AvgIpc) is 3.30. The van der Waals surface area contributed by atoms with E-state index in [-0.39, 0.29) is 5.91 Å². The molecule has 1 fully saturated rings. The minimum absolute atomic E-state index is 0.00311. The molecule has 6 heteroatoms. The fourth-order valence-corrected chi connectivity index (χ4v) is 2.70. The molecule has 4 rings (SSSR count). The zero-order valence-electron chi connectivity index (χ0n) is 12.4. The van der Waals surface area contributed by atoms with Crippen LogP contribution in [0, 0.1) is 0 Å². The van der Waals surface area contributed by atoms with Gasteiger partial charge in [0.25, 0.3) is 0 Å². The second-order valence-electron chi connectivity index (χ2n) is 5.62. The van der Waals surface area contributed by atoms with E-state index in [1.165, 1.54) is 6.33 Å². The van der Waals surface area contributed by atoms with Gasteiger partial charge in [-0.2, -0.15) is 0 Å². The molecule has 6 nitrogen and oxygen atoms in total. The second-order valence-corrected chi connectivity index (χ2v) is 5.62. The number of rotatable bonds is 4. The lowest BCUT2D eigenvalue weighted by Gasteiger charge is -2.14. The third-order valence-corrected chi connectivity index (χ3v) is 4.14. The van der Waals surface area contributed by atoms with Crippen molar-refractivity contribution in [1.29, 1.82) is 0 Å². The van der Waals surface area contributed by atoms with Crippen LogP contribution in [0.4, 0.5) is 5.82 Å². The van der Waals surface area contributed by atoms with E-state index >= 15 is 0 Å². The molecule has 114 valence electrons. The predicted molar refractivity (Wildman–Crippen MR) is 85.1 cm³/mol. The van der Waals surface area contributed by atoms with Crippen LogP contribution in [0.15, 0.2) is 61.2 Å². The SMILES string of the molecule is O=C(Nc1ccn(-c2ccncn2)n1)C1(c2ccccc2)CC1. The van der Waals surface area contributed by atoms with Crippen molar-refractivity contribution in [2.75, 3.05) is 5.32 Å². The first-order valence-corrected chi connectivity index (χ1v) is 7.47. The van der Waals surface area contributed by atoms with Crippen molar-refractivity contribution >= 4 is 11.7 Å². The van der Waals surface area contributed by atoms with Crippen LogP contribution in [0.1, 0.15) is 18.4 Å². The molecule has 0 radical (unpaired) electrons. The molecule has 0 spiro atoms. The summed E-state index contributed by atoms with van der Waals surface area (Å²) in [6.07, 6.45) is 6.62. The summed E-state index contributed by atoms with van der Waals surface area (Å²) >= 11 is 0. The quantitative estimate of drug-likeness (QED) is 0.803. The number of anilines is 1. The van der Waals surface area contributed by atoms with Gasteiger partial charge in [-0.3, -0.25) is 4.79 Å². The summed E-state index contributed by atoms with van der Waals surface area (Å²) in [5, 5.41) is 7.27. The van der Waals surface area contributed by atoms with E-state index in [1.54, 1.807) is 29.2 Å². The lowest BCUT2D eigenvalue weighted by Crippen LogP contribution is -2.28. The maximum Gasteiger partial charge on any atom is 0.236 e. The highest BCUT2D eigenvalue weighted by Gasteiger charge is 2.51. The van der Waals surface area contributed by atoms with E-state index in [1.807, 2.05) is 30.3 Å². The van der Waals surface area contributed by atoms with Crippen molar-refractivity contribution in [1.82, 2.24) is 19.7 Å². The Labute approximate surface area is 133 Å². The van der Waals surface area contributed by atoms with Gasteiger partial charge < -0.3 is 5.32 Å². The monoisotopic (exact) mass is 305 g/mol. The number of carbonyl (C=O) groups excluding carboxylic acids is 1. The van der Waals surface area contributed by atoms with Crippen LogP contribution in [0.2, 0.25) is 0 Å². The van der Waals surface area contributed by atoms with Crippen molar-refractivity contribution in [3.8, 4) is 5.82 Å². The lowest BCUT2D eigenvalue weighted by molar-refractivity contribution is -0.118. The number of nitrogens with one attached hydrogen (secondary N) is 1. The van der Waals surface area contributed by atoms with Gasteiger partial charge in [-0.15, -0.1) is 5.10 Å². The Morgan fingerprint density at radius 1 is 1.13 bits per heavy atom. The largest absolute Gasteiger partial charge is 0.308 e. The molecule has 1 saturated carbocycles. The molecule has 0 aliphatic heterocycles. The molecular weight excluding hydrogens is 290 g/mol. The van der Waals surface area contributed by atoms with Gasteiger partial charge in [0.2, 0.25) is 5.91 Å². The van der Waals surface area contributed by atoms with Gasteiger partial charge in [0.05, 0.1) is 5.41 Å². The van der Waals surface area contributed by atoms with Crippen LogP contribution < -0.4 is 5.32 Å². The van der Waals surface area contributed by atoms with Crippen molar-refractivity contribution in [3.05, 3.63) is 66.7 Å².